The topological polar surface area (TPSA) is 73.6 Å². The number of nitrogens with one attached hydrogen (secondary N) is 1. The molecule has 21 heavy (non-hydrogen) atoms. The van der Waals surface area contributed by atoms with Crippen molar-refractivity contribution >= 4 is 5.69 Å². The Labute approximate surface area is 122 Å². The van der Waals surface area contributed by atoms with Crippen LogP contribution >= 0.6 is 0 Å². The Balaban J connectivity index is 2.11. The van der Waals surface area contributed by atoms with E-state index in [1.807, 2.05) is 13.8 Å². The largest absolute Gasteiger partial charge is 0.481 e. The summed E-state index contributed by atoms with van der Waals surface area (Å²) in [5.41, 5.74) is -0.237. The average molecular weight is 298 g/mol. The second kappa shape index (κ2) is 6.82. The lowest BCUT2D eigenvalue weighted by Gasteiger charge is -2.43. The van der Waals surface area contributed by atoms with Gasteiger partial charge in [-0.05, 0) is 19.5 Å². The van der Waals surface area contributed by atoms with Crippen LogP contribution in [0.3, 0.4) is 0 Å². The Morgan fingerprint density at radius 3 is 2.86 bits per heavy atom. The first-order valence-corrected chi connectivity index (χ1v) is 7.02. The smallest absolute Gasteiger partial charge is 0.311 e. The van der Waals surface area contributed by atoms with Gasteiger partial charge in [-0.25, -0.2) is 4.39 Å². The quantitative estimate of drug-likeness (QED) is 0.617. The van der Waals surface area contributed by atoms with Crippen LogP contribution in [-0.2, 0) is 4.74 Å². The minimum atomic E-state index is -0.578. The second-order valence-corrected chi connectivity index (χ2v) is 4.85. The maximum Gasteiger partial charge on any atom is 0.311 e. The van der Waals surface area contributed by atoms with Crippen molar-refractivity contribution in [1.82, 2.24) is 5.32 Å². The van der Waals surface area contributed by atoms with Crippen LogP contribution in [0, 0.1) is 15.9 Å². The summed E-state index contributed by atoms with van der Waals surface area (Å²) in [6, 6.07) is 3.36. The fourth-order valence-electron chi connectivity index (χ4n) is 2.47. The number of benzene rings is 1. The molecule has 0 spiro atoms. The zero-order chi connectivity index (χ0) is 15.4. The molecule has 7 heteroatoms. The lowest BCUT2D eigenvalue weighted by atomic mass is 9.85. The summed E-state index contributed by atoms with van der Waals surface area (Å²) < 4.78 is 24.5. The number of likely N-dealkylation sites (N-methyl/N-ethyl adjacent to an activating group) is 1. The molecule has 1 aromatic carbocycles. The van der Waals surface area contributed by atoms with Crippen LogP contribution in [0.25, 0.3) is 0 Å². The summed E-state index contributed by atoms with van der Waals surface area (Å²) in [6.45, 7) is 5.20. The van der Waals surface area contributed by atoms with E-state index in [0.29, 0.717) is 13.0 Å². The molecule has 0 bridgehead atoms. The summed E-state index contributed by atoms with van der Waals surface area (Å²) in [7, 11) is 0. The van der Waals surface area contributed by atoms with Gasteiger partial charge in [0.1, 0.15) is 18.0 Å². The molecule has 0 aliphatic heterocycles. The molecule has 0 radical (unpaired) electrons. The number of hydrogen-bond acceptors (Lipinski definition) is 5. The third kappa shape index (κ3) is 3.48. The van der Waals surface area contributed by atoms with Gasteiger partial charge in [-0.3, -0.25) is 10.1 Å². The predicted octanol–water partition coefficient (Wildman–Crippen LogP) is 2.27. The molecule has 6 nitrogen and oxygen atoms in total. The van der Waals surface area contributed by atoms with Crippen LogP contribution in [0.5, 0.6) is 5.75 Å². The first kappa shape index (κ1) is 15.7. The zero-order valence-corrected chi connectivity index (χ0v) is 12.0. The molecular formula is C14H19FN2O4. The van der Waals surface area contributed by atoms with Crippen LogP contribution in [0.15, 0.2) is 18.2 Å². The van der Waals surface area contributed by atoms with Gasteiger partial charge in [0, 0.05) is 31.2 Å². The third-order valence-corrected chi connectivity index (χ3v) is 3.47. The number of rotatable bonds is 7. The van der Waals surface area contributed by atoms with Crippen LogP contribution in [-0.4, -0.2) is 36.3 Å². The molecule has 1 aliphatic carbocycles. The fraction of sp³-hybridized carbons (Fsp3) is 0.571. The van der Waals surface area contributed by atoms with Crippen LogP contribution in [0.1, 0.15) is 20.3 Å². The van der Waals surface area contributed by atoms with Gasteiger partial charge in [-0.15, -0.1) is 0 Å². The molecule has 1 saturated carbocycles. The summed E-state index contributed by atoms with van der Waals surface area (Å²) in [5, 5.41) is 14.2. The van der Waals surface area contributed by atoms with Gasteiger partial charge in [-0.2, -0.15) is 0 Å². The molecule has 0 heterocycles. The minimum absolute atomic E-state index is 0.0512. The molecule has 1 aliphatic rings. The van der Waals surface area contributed by atoms with E-state index in [2.05, 4.69) is 5.32 Å². The molecule has 0 saturated heterocycles. The zero-order valence-electron chi connectivity index (χ0n) is 12.0. The van der Waals surface area contributed by atoms with E-state index in [4.69, 9.17) is 9.47 Å². The van der Waals surface area contributed by atoms with E-state index >= 15 is 0 Å². The van der Waals surface area contributed by atoms with Crippen LogP contribution in [0.4, 0.5) is 10.1 Å². The molecule has 1 aromatic rings. The first-order chi connectivity index (χ1) is 10.1. The Morgan fingerprint density at radius 1 is 1.48 bits per heavy atom. The van der Waals surface area contributed by atoms with Gasteiger partial charge in [-0.1, -0.05) is 6.92 Å². The van der Waals surface area contributed by atoms with Crippen LogP contribution in [0.2, 0.25) is 0 Å². The number of nitro groups is 1. The van der Waals surface area contributed by atoms with Crippen molar-refractivity contribution in [3.8, 4) is 5.75 Å². The van der Waals surface area contributed by atoms with Gasteiger partial charge >= 0.3 is 5.69 Å². The lowest BCUT2D eigenvalue weighted by Crippen LogP contribution is -2.61. The second-order valence-electron chi connectivity index (χ2n) is 4.85. The van der Waals surface area contributed by atoms with E-state index < -0.39 is 10.7 Å². The van der Waals surface area contributed by atoms with Crippen molar-refractivity contribution in [2.75, 3.05) is 13.2 Å². The molecule has 1 N–H and O–H groups in total. The Hall–Kier alpha value is -1.73. The number of nitrogens with zero attached hydrogens (tertiary/aromatic N) is 1. The molecule has 1 fully saturated rings. The predicted molar refractivity (Wildman–Crippen MR) is 75.0 cm³/mol. The highest BCUT2D eigenvalue weighted by molar-refractivity contribution is 5.46. The van der Waals surface area contributed by atoms with Crippen molar-refractivity contribution in [1.29, 1.82) is 0 Å². The van der Waals surface area contributed by atoms with Gasteiger partial charge < -0.3 is 14.8 Å². The summed E-state index contributed by atoms with van der Waals surface area (Å²) in [6.07, 6.45) is 0.180. The Kier molecular flexibility index (Phi) is 5.08. The van der Waals surface area contributed by atoms with E-state index in [0.717, 1.165) is 24.7 Å². The van der Waals surface area contributed by atoms with Crippen molar-refractivity contribution in [2.45, 2.75) is 38.5 Å². The SMILES string of the molecule is CCNC1CC(Oc2cc(F)ccc2[N+](=O)[O-])C1OCC. The Bertz CT molecular complexity index is 512. The Morgan fingerprint density at radius 2 is 2.24 bits per heavy atom. The summed E-state index contributed by atoms with van der Waals surface area (Å²) >= 11 is 0. The highest BCUT2D eigenvalue weighted by Crippen LogP contribution is 2.34. The number of nitro benzene ring substituents is 1. The van der Waals surface area contributed by atoms with Crippen molar-refractivity contribution < 1.29 is 18.8 Å². The fourth-order valence-corrected chi connectivity index (χ4v) is 2.47. The molecular weight excluding hydrogens is 279 g/mol. The standard InChI is InChI=1S/C14H19FN2O4/c1-3-16-10-8-13(14(10)20-4-2)21-12-7-9(15)5-6-11(12)17(18)19/h5-7,10,13-14,16H,3-4,8H2,1-2H3. The monoisotopic (exact) mass is 298 g/mol. The summed E-state index contributed by atoms with van der Waals surface area (Å²) in [4.78, 5) is 10.4. The van der Waals surface area contributed by atoms with Gasteiger partial charge in [0.15, 0.2) is 5.75 Å². The lowest BCUT2D eigenvalue weighted by molar-refractivity contribution is -0.386. The average Bonchev–Trinajstić information content (AvgIpc) is 2.43. The first-order valence-electron chi connectivity index (χ1n) is 7.02. The number of halogens is 1. The van der Waals surface area contributed by atoms with Gasteiger partial charge in [0.2, 0.25) is 0 Å². The van der Waals surface area contributed by atoms with E-state index in [1.165, 1.54) is 0 Å². The van der Waals surface area contributed by atoms with Crippen molar-refractivity contribution in [3.05, 3.63) is 34.1 Å². The normalized spacial score (nSPS) is 24.4. The highest BCUT2D eigenvalue weighted by atomic mass is 19.1. The maximum atomic E-state index is 13.3. The van der Waals surface area contributed by atoms with Gasteiger partial charge in [0.25, 0.3) is 0 Å². The molecule has 0 amide bonds. The number of hydrogen-bond donors (Lipinski definition) is 1. The van der Waals surface area contributed by atoms with Crippen LogP contribution < -0.4 is 10.1 Å². The number of ether oxygens (including phenoxy) is 2. The van der Waals surface area contributed by atoms with Crippen molar-refractivity contribution in [2.24, 2.45) is 0 Å². The highest BCUT2D eigenvalue weighted by Gasteiger charge is 2.44. The molecule has 0 aromatic heterocycles. The third-order valence-electron chi connectivity index (χ3n) is 3.47. The maximum absolute atomic E-state index is 13.3. The van der Waals surface area contributed by atoms with E-state index in [1.54, 1.807) is 0 Å². The summed E-state index contributed by atoms with van der Waals surface area (Å²) in [5.74, 6) is -0.615. The molecule has 2 rings (SSSR count). The van der Waals surface area contributed by atoms with Crippen molar-refractivity contribution in [3.63, 3.8) is 0 Å². The molecule has 3 atom stereocenters. The van der Waals surface area contributed by atoms with E-state index in [9.17, 15) is 14.5 Å². The van der Waals surface area contributed by atoms with E-state index in [-0.39, 0.29) is 29.7 Å². The molecule has 116 valence electrons. The molecule has 3 unspecified atom stereocenters. The van der Waals surface area contributed by atoms with Gasteiger partial charge in [0.05, 0.1) is 4.92 Å². The minimum Gasteiger partial charge on any atom is -0.481 e.